The van der Waals surface area contributed by atoms with Gasteiger partial charge in [-0.05, 0) is 37.2 Å². The van der Waals surface area contributed by atoms with E-state index in [1.54, 1.807) is 7.11 Å². The van der Waals surface area contributed by atoms with Gasteiger partial charge in [0.05, 0.1) is 11.0 Å². The van der Waals surface area contributed by atoms with E-state index >= 15 is 0 Å². The molecule has 1 fully saturated rings. The molecule has 1 saturated carbocycles. The number of hydrogen-bond acceptors (Lipinski definition) is 4. The summed E-state index contributed by atoms with van der Waals surface area (Å²) in [5.41, 5.74) is 7.32. The predicted octanol–water partition coefficient (Wildman–Crippen LogP) is 2.10. The lowest BCUT2D eigenvalue weighted by molar-refractivity contribution is 0.199. The molecule has 118 valence electrons. The Morgan fingerprint density at radius 3 is 2.62 bits per heavy atom. The Balaban J connectivity index is 2.07. The van der Waals surface area contributed by atoms with Gasteiger partial charge in [-0.25, -0.2) is 8.42 Å². The van der Waals surface area contributed by atoms with Gasteiger partial charge in [-0.1, -0.05) is 30.3 Å². The van der Waals surface area contributed by atoms with Crippen molar-refractivity contribution in [3.63, 3.8) is 0 Å². The highest BCUT2D eigenvalue weighted by atomic mass is 32.2. The number of ether oxygens (including phenoxy) is 1. The second kappa shape index (κ2) is 7.38. The highest BCUT2D eigenvalue weighted by Gasteiger charge is 2.37. The highest BCUT2D eigenvalue weighted by Crippen LogP contribution is 2.35. The SMILES string of the molecule is COCCCS(=O)(=O)C1CC(c2ccccc2)CCC1N. The number of methoxy groups -OCH3 is 1. The number of sulfone groups is 1. The van der Waals surface area contributed by atoms with Crippen LogP contribution in [0.5, 0.6) is 0 Å². The molecule has 1 aromatic rings. The lowest BCUT2D eigenvalue weighted by Gasteiger charge is -2.34. The average molecular weight is 311 g/mol. The molecular formula is C16H25NO3S. The van der Waals surface area contributed by atoms with Gasteiger partial charge < -0.3 is 10.5 Å². The molecule has 0 saturated heterocycles. The van der Waals surface area contributed by atoms with E-state index in [1.807, 2.05) is 18.2 Å². The lowest BCUT2D eigenvalue weighted by atomic mass is 9.82. The highest BCUT2D eigenvalue weighted by molar-refractivity contribution is 7.92. The summed E-state index contributed by atoms with van der Waals surface area (Å²) >= 11 is 0. The Kier molecular flexibility index (Phi) is 5.79. The summed E-state index contributed by atoms with van der Waals surface area (Å²) in [6.45, 7) is 0.475. The summed E-state index contributed by atoms with van der Waals surface area (Å²) < 4.78 is 30.0. The van der Waals surface area contributed by atoms with Gasteiger partial charge in [0.25, 0.3) is 0 Å². The third-order valence-corrected chi connectivity index (χ3v) is 6.67. The van der Waals surface area contributed by atoms with Crippen molar-refractivity contribution in [2.75, 3.05) is 19.5 Å². The van der Waals surface area contributed by atoms with Crippen molar-refractivity contribution >= 4 is 9.84 Å². The fourth-order valence-corrected chi connectivity index (χ4v) is 5.17. The molecule has 2 rings (SSSR count). The van der Waals surface area contributed by atoms with Crippen LogP contribution in [0.3, 0.4) is 0 Å². The van der Waals surface area contributed by atoms with Crippen LogP contribution in [0.15, 0.2) is 30.3 Å². The Hall–Kier alpha value is -0.910. The first kappa shape index (κ1) is 16.5. The van der Waals surface area contributed by atoms with Crippen molar-refractivity contribution in [1.82, 2.24) is 0 Å². The molecule has 0 bridgehead atoms. The molecule has 4 nitrogen and oxygen atoms in total. The zero-order valence-corrected chi connectivity index (χ0v) is 13.4. The van der Waals surface area contributed by atoms with E-state index in [2.05, 4.69) is 12.1 Å². The molecule has 3 atom stereocenters. The molecule has 0 radical (unpaired) electrons. The van der Waals surface area contributed by atoms with Gasteiger partial charge >= 0.3 is 0 Å². The average Bonchev–Trinajstić information content (AvgIpc) is 2.48. The Morgan fingerprint density at radius 1 is 1.24 bits per heavy atom. The number of hydrogen-bond donors (Lipinski definition) is 1. The minimum absolute atomic E-state index is 0.167. The standard InChI is InChI=1S/C16H25NO3S/c1-20-10-5-11-21(18,19)16-12-14(8-9-15(16)17)13-6-3-2-4-7-13/h2-4,6-7,14-16H,5,8-12,17H2,1H3. The van der Waals surface area contributed by atoms with Crippen LogP contribution in [-0.2, 0) is 14.6 Å². The van der Waals surface area contributed by atoms with Crippen LogP contribution in [0.1, 0.15) is 37.2 Å². The molecule has 0 spiro atoms. The van der Waals surface area contributed by atoms with E-state index in [-0.39, 0.29) is 11.8 Å². The van der Waals surface area contributed by atoms with Crippen molar-refractivity contribution in [3.05, 3.63) is 35.9 Å². The smallest absolute Gasteiger partial charge is 0.154 e. The van der Waals surface area contributed by atoms with Crippen molar-refractivity contribution < 1.29 is 13.2 Å². The maximum Gasteiger partial charge on any atom is 0.154 e. The van der Waals surface area contributed by atoms with Crippen LogP contribution in [-0.4, -0.2) is 39.2 Å². The van der Waals surface area contributed by atoms with Gasteiger partial charge in [-0.15, -0.1) is 0 Å². The van der Waals surface area contributed by atoms with Gasteiger partial charge in [0.2, 0.25) is 0 Å². The quantitative estimate of drug-likeness (QED) is 0.817. The Bertz CT molecular complexity index is 530. The molecule has 0 aromatic heterocycles. The van der Waals surface area contributed by atoms with E-state index in [4.69, 9.17) is 10.5 Å². The van der Waals surface area contributed by atoms with E-state index < -0.39 is 15.1 Å². The Morgan fingerprint density at radius 2 is 1.95 bits per heavy atom. The van der Waals surface area contributed by atoms with Gasteiger partial charge in [0.15, 0.2) is 9.84 Å². The van der Waals surface area contributed by atoms with Crippen LogP contribution in [0, 0.1) is 0 Å². The van der Waals surface area contributed by atoms with Crippen LogP contribution < -0.4 is 5.73 Å². The number of nitrogens with two attached hydrogens (primary N) is 1. The predicted molar refractivity (Wildman–Crippen MR) is 85.1 cm³/mol. The molecule has 0 amide bonds. The van der Waals surface area contributed by atoms with E-state index in [0.29, 0.717) is 25.4 Å². The molecule has 21 heavy (non-hydrogen) atoms. The number of rotatable bonds is 6. The third kappa shape index (κ3) is 4.28. The van der Waals surface area contributed by atoms with Gasteiger partial charge in [-0.3, -0.25) is 0 Å². The van der Waals surface area contributed by atoms with Crippen molar-refractivity contribution in [2.45, 2.75) is 42.9 Å². The van der Waals surface area contributed by atoms with Crippen molar-refractivity contribution in [3.8, 4) is 0 Å². The molecule has 2 N–H and O–H groups in total. The van der Waals surface area contributed by atoms with Gasteiger partial charge in [0, 0.05) is 19.8 Å². The summed E-state index contributed by atoms with van der Waals surface area (Å²) in [4.78, 5) is 0. The first-order chi connectivity index (χ1) is 10.0. The molecule has 1 aliphatic carbocycles. The molecule has 1 aliphatic rings. The largest absolute Gasteiger partial charge is 0.385 e. The topological polar surface area (TPSA) is 69.4 Å². The third-order valence-electron chi connectivity index (χ3n) is 4.35. The second-order valence-corrected chi connectivity index (χ2v) is 8.18. The van der Waals surface area contributed by atoms with Crippen LogP contribution in [0.25, 0.3) is 0 Å². The fraction of sp³-hybridized carbons (Fsp3) is 0.625. The molecule has 0 aliphatic heterocycles. The molecule has 3 unspecified atom stereocenters. The second-order valence-electron chi connectivity index (χ2n) is 5.84. The van der Waals surface area contributed by atoms with Gasteiger partial charge in [-0.2, -0.15) is 0 Å². The molecule has 1 aromatic carbocycles. The summed E-state index contributed by atoms with van der Waals surface area (Å²) in [7, 11) is -1.56. The maximum absolute atomic E-state index is 12.5. The van der Waals surface area contributed by atoms with E-state index in [1.165, 1.54) is 5.56 Å². The maximum atomic E-state index is 12.5. The summed E-state index contributed by atoms with van der Waals surface area (Å²) in [5, 5.41) is -0.423. The summed E-state index contributed by atoms with van der Waals surface area (Å²) in [5.74, 6) is 0.467. The minimum atomic E-state index is -3.15. The van der Waals surface area contributed by atoms with Gasteiger partial charge in [0.1, 0.15) is 0 Å². The van der Waals surface area contributed by atoms with Crippen molar-refractivity contribution in [1.29, 1.82) is 0 Å². The first-order valence-corrected chi connectivity index (χ1v) is 9.27. The monoisotopic (exact) mass is 311 g/mol. The van der Waals surface area contributed by atoms with E-state index in [0.717, 1.165) is 12.8 Å². The summed E-state index contributed by atoms with van der Waals surface area (Å²) in [6, 6.07) is 9.92. The summed E-state index contributed by atoms with van der Waals surface area (Å²) in [6.07, 6.45) is 2.92. The van der Waals surface area contributed by atoms with Crippen LogP contribution in [0.4, 0.5) is 0 Å². The molecule has 0 heterocycles. The van der Waals surface area contributed by atoms with Crippen LogP contribution >= 0.6 is 0 Å². The molecule has 5 heteroatoms. The fourth-order valence-electron chi connectivity index (χ4n) is 3.15. The normalized spacial score (nSPS) is 26.7. The van der Waals surface area contributed by atoms with Crippen LogP contribution in [0.2, 0.25) is 0 Å². The van der Waals surface area contributed by atoms with Crippen molar-refractivity contribution in [2.24, 2.45) is 5.73 Å². The zero-order valence-electron chi connectivity index (χ0n) is 12.6. The van der Waals surface area contributed by atoms with E-state index in [9.17, 15) is 8.42 Å². The lowest BCUT2D eigenvalue weighted by Crippen LogP contribution is -2.45. The number of benzene rings is 1. The zero-order chi connectivity index (χ0) is 15.3. The molecular weight excluding hydrogens is 286 g/mol. The first-order valence-electron chi connectivity index (χ1n) is 7.55. The minimum Gasteiger partial charge on any atom is -0.385 e. The Labute approximate surface area is 127 Å².